The predicted octanol–water partition coefficient (Wildman–Crippen LogP) is -3.84. The molecule has 12 N–H and O–H groups in total. The van der Waals surface area contributed by atoms with Gasteiger partial charge in [-0.25, -0.2) is 0 Å². The molecular formula is C12H36CoN8+2. The smallest absolute Gasteiger partial charge is 0.329 e. The maximum Gasteiger partial charge on any atom is 2.00 e. The van der Waals surface area contributed by atoms with E-state index in [2.05, 4.69) is 21.3 Å². The van der Waals surface area contributed by atoms with Crippen LogP contribution in [0.1, 0.15) is 0 Å². The number of hydrogen-bond donors (Lipinski definition) is 8. The molecule has 8 nitrogen and oxygen atoms in total. The van der Waals surface area contributed by atoms with Gasteiger partial charge >= 0.3 is 16.8 Å². The van der Waals surface area contributed by atoms with Crippen molar-refractivity contribution < 1.29 is 16.8 Å². The van der Waals surface area contributed by atoms with Crippen molar-refractivity contribution in [1.29, 1.82) is 0 Å². The summed E-state index contributed by atoms with van der Waals surface area (Å²) in [5.74, 6) is 0. The summed E-state index contributed by atoms with van der Waals surface area (Å²) in [6.07, 6.45) is 0. The van der Waals surface area contributed by atoms with Gasteiger partial charge in [-0.2, -0.15) is 0 Å². The van der Waals surface area contributed by atoms with E-state index in [9.17, 15) is 0 Å². The maximum absolute atomic E-state index is 5.27. The summed E-state index contributed by atoms with van der Waals surface area (Å²) in [5, 5.41) is 12.7. The van der Waals surface area contributed by atoms with E-state index in [1.165, 1.54) is 0 Å². The van der Waals surface area contributed by atoms with Gasteiger partial charge in [-0.15, -0.1) is 0 Å². The Balaban J connectivity index is -0.000000295. The van der Waals surface area contributed by atoms with Crippen LogP contribution in [-0.2, 0) is 16.8 Å². The Hall–Kier alpha value is 0.186. The molecule has 0 spiro atoms. The molecule has 131 valence electrons. The summed E-state index contributed by atoms with van der Waals surface area (Å²) >= 11 is 0. The van der Waals surface area contributed by atoms with Crippen molar-refractivity contribution in [2.45, 2.75) is 0 Å². The van der Waals surface area contributed by atoms with Crippen molar-refractivity contribution >= 4 is 0 Å². The maximum atomic E-state index is 5.27. The topological polar surface area (TPSA) is 152 Å². The van der Waals surface area contributed by atoms with Crippen LogP contribution in [-0.4, -0.2) is 78.5 Å². The molecule has 0 saturated heterocycles. The first kappa shape index (κ1) is 26.1. The van der Waals surface area contributed by atoms with Crippen molar-refractivity contribution in [1.82, 2.24) is 21.3 Å². The molecule has 0 unspecified atom stereocenters. The van der Waals surface area contributed by atoms with Gasteiger partial charge in [-0.1, -0.05) is 0 Å². The molecular weight excluding hydrogens is 315 g/mol. The molecule has 9 heteroatoms. The third-order valence-electron chi connectivity index (χ3n) is 2.24. The third kappa shape index (κ3) is 33.2. The molecule has 0 amide bonds. The van der Waals surface area contributed by atoms with Gasteiger partial charge in [-0.3, -0.25) is 0 Å². The average molecular weight is 351 g/mol. The molecule has 0 aliphatic rings. The second-order valence-electron chi connectivity index (χ2n) is 4.15. The van der Waals surface area contributed by atoms with Crippen LogP contribution in [0.5, 0.6) is 0 Å². The van der Waals surface area contributed by atoms with Gasteiger partial charge in [0, 0.05) is 78.5 Å². The first-order valence-corrected chi connectivity index (χ1v) is 7.46. The molecule has 0 heterocycles. The summed E-state index contributed by atoms with van der Waals surface area (Å²) in [6, 6.07) is 0. The molecule has 0 aliphatic carbocycles. The summed E-state index contributed by atoms with van der Waals surface area (Å²) < 4.78 is 0. The van der Waals surface area contributed by atoms with Gasteiger partial charge in [0.05, 0.1) is 0 Å². The Morgan fingerprint density at radius 1 is 0.381 bits per heavy atom. The number of nitrogens with two attached hydrogens (primary N) is 4. The Bertz CT molecular complexity index is 121. The number of nitrogens with one attached hydrogen (secondary N) is 4. The fourth-order valence-corrected chi connectivity index (χ4v) is 1.26. The van der Waals surface area contributed by atoms with Crippen LogP contribution in [0.2, 0.25) is 0 Å². The molecule has 0 rings (SSSR count). The average Bonchev–Trinajstić information content (AvgIpc) is 2.47. The zero-order valence-corrected chi connectivity index (χ0v) is 14.2. The molecule has 0 aliphatic heterocycles. The molecule has 0 bridgehead atoms. The SMILES string of the molecule is NCCNCCNCCN.NCCNCCNCCN.[Co+2]. The Labute approximate surface area is 140 Å². The van der Waals surface area contributed by atoms with Gasteiger partial charge in [-0.05, 0) is 0 Å². The Kier molecular flexibility index (Phi) is 35.3. The van der Waals surface area contributed by atoms with Gasteiger partial charge < -0.3 is 44.2 Å². The van der Waals surface area contributed by atoms with E-state index in [0.29, 0.717) is 26.2 Å². The summed E-state index contributed by atoms with van der Waals surface area (Å²) in [7, 11) is 0. The van der Waals surface area contributed by atoms with Crippen LogP contribution < -0.4 is 44.2 Å². The number of rotatable bonds is 14. The second kappa shape index (κ2) is 28.4. The first-order chi connectivity index (χ1) is 9.83. The second-order valence-corrected chi connectivity index (χ2v) is 4.15. The minimum atomic E-state index is 0. The van der Waals surface area contributed by atoms with E-state index in [-0.39, 0.29) is 16.8 Å². The molecule has 21 heavy (non-hydrogen) atoms. The fourth-order valence-electron chi connectivity index (χ4n) is 1.26. The molecule has 0 atom stereocenters. The minimum Gasteiger partial charge on any atom is -0.329 e. The van der Waals surface area contributed by atoms with Crippen molar-refractivity contribution in [3.05, 3.63) is 0 Å². The quantitative estimate of drug-likeness (QED) is 0.148. The summed E-state index contributed by atoms with van der Waals surface area (Å²) in [5.41, 5.74) is 21.1. The van der Waals surface area contributed by atoms with Crippen molar-refractivity contribution in [2.24, 2.45) is 22.9 Å². The Morgan fingerprint density at radius 3 is 0.714 bits per heavy atom. The van der Waals surface area contributed by atoms with Crippen LogP contribution in [0.25, 0.3) is 0 Å². The van der Waals surface area contributed by atoms with E-state index < -0.39 is 0 Å². The fraction of sp³-hybridized carbons (Fsp3) is 1.00. The zero-order chi connectivity index (χ0) is 15.3. The molecule has 0 saturated carbocycles. The van der Waals surface area contributed by atoms with Gasteiger partial charge in [0.2, 0.25) is 0 Å². The number of hydrogen-bond acceptors (Lipinski definition) is 8. The summed E-state index contributed by atoms with van der Waals surface area (Å²) in [6.45, 7) is 10.3. The van der Waals surface area contributed by atoms with E-state index in [1.807, 2.05) is 0 Å². The van der Waals surface area contributed by atoms with Crippen LogP contribution in [0.15, 0.2) is 0 Å². The minimum absolute atomic E-state index is 0. The van der Waals surface area contributed by atoms with Gasteiger partial charge in [0.25, 0.3) is 0 Å². The van der Waals surface area contributed by atoms with Crippen LogP contribution in [0.4, 0.5) is 0 Å². The molecule has 1 radical (unpaired) electrons. The van der Waals surface area contributed by atoms with Crippen LogP contribution >= 0.6 is 0 Å². The predicted molar refractivity (Wildman–Crippen MR) is 87.7 cm³/mol. The largest absolute Gasteiger partial charge is 2.00 e. The van der Waals surface area contributed by atoms with Crippen molar-refractivity contribution in [2.75, 3.05) is 78.5 Å². The van der Waals surface area contributed by atoms with Crippen LogP contribution in [0, 0.1) is 0 Å². The van der Waals surface area contributed by atoms with E-state index in [1.54, 1.807) is 0 Å². The molecule has 0 aromatic rings. The third-order valence-corrected chi connectivity index (χ3v) is 2.24. The van der Waals surface area contributed by atoms with Crippen molar-refractivity contribution in [3.8, 4) is 0 Å². The van der Waals surface area contributed by atoms with E-state index in [0.717, 1.165) is 52.4 Å². The van der Waals surface area contributed by atoms with Gasteiger partial charge in [0.1, 0.15) is 0 Å². The normalized spacial score (nSPS) is 9.71. The first-order valence-electron chi connectivity index (χ1n) is 7.46. The monoisotopic (exact) mass is 351 g/mol. The van der Waals surface area contributed by atoms with Crippen molar-refractivity contribution in [3.63, 3.8) is 0 Å². The van der Waals surface area contributed by atoms with E-state index in [4.69, 9.17) is 22.9 Å². The van der Waals surface area contributed by atoms with Crippen LogP contribution in [0.3, 0.4) is 0 Å². The zero-order valence-electron chi connectivity index (χ0n) is 13.1. The molecule has 0 aromatic carbocycles. The Morgan fingerprint density at radius 2 is 0.571 bits per heavy atom. The van der Waals surface area contributed by atoms with Gasteiger partial charge in [0.15, 0.2) is 0 Å². The molecule has 0 fully saturated rings. The van der Waals surface area contributed by atoms with E-state index >= 15 is 0 Å². The molecule has 0 aromatic heterocycles. The summed E-state index contributed by atoms with van der Waals surface area (Å²) in [4.78, 5) is 0. The standard InChI is InChI=1S/2C6H18N4.Co/c2*7-1-3-9-5-6-10-4-2-8;/h2*9-10H,1-8H2;/q;;+2.